The maximum Gasteiger partial charge on any atom is 0.220 e. The number of hydrogen-bond donors (Lipinski definition) is 2. The van der Waals surface area contributed by atoms with E-state index in [9.17, 15) is 4.79 Å². The molecule has 0 bridgehead atoms. The number of amides is 1. The van der Waals surface area contributed by atoms with Crippen LogP contribution in [-0.2, 0) is 16.1 Å². The van der Waals surface area contributed by atoms with Crippen LogP contribution in [0.2, 0.25) is 0 Å². The molecule has 0 spiro atoms. The monoisotopic (exact) mass is 346 g/mol. The minimum atomic E-state index is 0.0769. The van der Waals surface area contributed by atoms with Crippen molar-refractivity contribution in [2.75, 3.05) is 13.2 Å². The first kappa shape index (κ1) is 18.2. The summed E-state index contributed by atoms with van der Waals surface area (Å²) < 4.78 is 11.6. The van der Waals surface area contributed by atoms with E-state index in [4.69, 9.17) is 15.2 Å². The Kier molecular flexibility index (Phi) is 6.32. The van der Waals surface area contributed by atoms with Crippen LogP contribution in [0.15, 0.2) is 18.2 Å². The quantitative estimate of drug-likeness (QED) is 0.796. The predicted molar refractivity (Wildman–Crippen MR) is 97.4 cm³/mol. The molecule has 0 radical (unpaired) electrons. The number of ether oxygens (including phenoxy) is 2. The third-order valence-corrected chi connectivity index (χ3v) is 5.31. The topological polar surface area (TPSA) is 73.6 Å². The summed E-state index contributed by atoms with van der Waals surface area (Å²) in [5.74, 6) is 1.25. The lowest BCUT2D eigenvalue weighted by Crippen LogP contribution is -2.31. The summed E-state index contributed by atoms with van der Waals surface area (Å²) >= 11 is 0. The molecule has 1 aromatic carbocycles. The highest BCUT2D eigenvalue weighted by molar-refractivity contribution is 5.76. The predicted octanol–water partition coefficient (Wildman–Crippen LogP) is 2.69. The summed E-state index contributed by atoms with van der Waals surface area (Å²) in [6.07, 6.45) is 6.11. The Morgan fingerprint density at radius 3 is 2.92 bits per heavy atom. The molecule has 5 heteroatoms. The lowest BCUT2D eigenvalue weighted by atomic mass is 10.00. The van der Waals surface area contributed by atoms with Gasteiger partial charge in [-0.3, -0.25) is 4.79 Å². The van der Waals surface area contributed by atoms with Crippen molar-refractivity contribution in [3.8, 4) is 5.75 Å². The maximum absolute atomic E-state index is 12.2. The average molecular weight is 346 g/mol. The first-order valence-electron chi connectivity index (χ1n) is 9.48. The van der Waals surface area contributed by atoms with Gasteiger partial charge >= 0.3 is 0 Å². The Morgan fingerprint density at radius 2 is 2.20 bits per heavy atom. The molecule has 1 aliphatic heterocycles. The van der Waals surface area contributed by atoms with Gasteiger partial charge in [0.15, 0.2) is 0 Å². The second kappa shape index (κ2) is 8.68. The van der Waals surface area contributed by atoms with Gasteiger partial charge in [0.05, 0.1) is 6.10 Å². The molecule has 25 heavy (non-hydrogen) atoms. The number of benzene rings is 1. The summed E-state index contributed by atoms with van der Waals surface area (Å²) in [6.45, 7) is 3.93. The summed E-state index contributed by atoms with van der Waals surface area (Å²) in [5, 5.41) is 3.03. The molecule has 1 saturated heterocycles. The molecule has 5 nitrogen and oxygen atoms in total. The van der Waals surface area contributed by atoms with Crippen LogP contribution < -0.4 is 15.8 Å². The fourth-order valence-corrected chi connectivity index (χ4v) is 3.72. The van der Waals surface area contributed by atoms with Gasteiger partial charge in [-0.1, -0.05) is 18.6 Å². The van der Waals surface area contributed by atoms with Gasteiger partial charge in [0.25, 0.3) is 0 Å². The number of nitrogens with one attached hydrogen (secondary N) is 1. The Bertz CT molecular complexity index is 584. The van der Waals surface area contributed by atoms with Crippen LogP contribution in [0.25, 0.3) is 0 Å². The van der Waals surface area contributed by atoms with Gasteiger partial charge in [0.2, 0.25) is 5.91 Å². The fourth-order valence-electron chi connectivity index (χ4n) is 3.72. The van der Waals surface area contributed by atoms with Crippen molar-refractivity contribution in [3.63, 3.8) is 0 Å². The van der Waals surface area contributed by atoms with Crippen LogP contribution in [0.5, 0.6) is 5.75 Å². The van der Waals surface area contributed by atoms with E-state index in [0.29, 0.717) is 25.5 Å². The van der Waals surface area contributed by atoms with Gasteiger partial charge in [-0.15, -0.1) is 0 Å². The molecule has 3 atom stereocenters. The number of nitrogens with two attached hydrogens (primary N) is 1. The zero-order valence-electron chi connectivity index (χ0n) is 15.1. The molecule has 3 N–H and O–H groups in total. The Balaban J connectivity index is 1.52. The molecule has 1 saturated carbocycles. The Labute approximate surface area is 150 Å². The van der Waals surface area contributed by atoms with Gasteiger partial charge in [0, 0.05) is 31.2 Å². The largest absolute Gasteiger partial charge is 0.491 e. The number of aryl methyl sites for hydroxylation is 1. The first-order chi connectivity index (χ1) is 12.1. The molecule has 1 aliphatic carbocycles. The third kappa shape index (κ3) is 5.19. The van der Waals surface area contributed by atoms with Gasteiger partial charge in [-0.05, 0) is 50.2 Å². The van der Waals surface area contributed by atoms with E-state index in [2.05, 4.69) is 5.32 Å². The molecular weight excluding hydrogens is 316 g/mol. The second-order valence-corrected chi connectivity index (χ2v) is 7.39. The number of rotatable bonds is 7. The van der Waals surface area contributed by atoms with E-state index in [1.807, 2.05) is 25.1 Å². The van der Waals surface area contributed by atoms with E-state index in [0.717, 1.165) is 55.6 Å². The highest BCUT2D eigenvalue weighted by Crippen LogP contribution is 2.27. The average Bonchev–Trinajstić information content (AvgIpc) is 3.24. The van der Waals surface area contributed by atoms with Crippen molar-refractivity contribution in [1.82, 2.24) is 5.32 Å². The normalized spacial score (nSPS) is 25.9. The number of hydrogen-bond acceptors (Lipinski definition) is 4. The van der Waals surface area contributed by atoms with Crippen molar-refractivity contribution in [2.45, 2.75) is 64.1 Å². The van der Waals surface area contributed by atoms with Crippen molar-refractivity contribution in [1.29, 1.82) is 0 Å². The first-order valence-corrected chi connectivity index (χ1v) is 9.48. The third-order valence-electron chi connectivity index (χ3n) is 5.31. The maximum atomic E-state index is 12.2. The van der Waals surface area contributed by atoms with Crippen LogP contribution in [-0.4, -0.2) is 31.3 Å². The van der Waals surface area contributed by atoms with Gasteiger partial charge in [-0.2, -0.15) is 0 Å². The van der Waals surface area contributed by atoms with Crippen LogP contribution in [0.3, 0.4) is 0 Å². The molecule has 1 amide bonds. The van der Waals surface area contributed by atoms with Gasteiger partial charge < -0.3 is 20.5 Å². The molecule has 1 heterocycles. The van der Waals surface area contributed by atoms with E-state index in [1.165, 1.54) is 0 Å². The standard InChI is InChI=1S/C20H30N2O3/c1-14-7-8-16(19(10-14)25-13-17-5-3-9-24-17)12-22-20(23)11-15-4-2-6-18(15)21/h7-8,10,15,17-18H,2-6,9,11-13,21H2,1H3,(H,22,23)/t15-,17?,18+/m0/s1. The summed E-state index contributed by atoms with van der Waals surface area (Å²) in [6, 6.07) is 6.29. The highest BCUT2D eigenvalue weighted by Gasteiger charge is 2.26. The van der Waals surface area contributed by atoms with E-state index in [-0.39, 0.29) is 18.1 Å². The zero-order chi connectivity index (χ0) is 17.6. The van der Waals surface area contributed by atoms with Crippen molar-refractivity contribution < 1.29 is 14.3 Å². The van der Waals surface area contributed by atoms with Crippen LogP contribution in [0.4, 0.5) is 0 Å². The van der Waals surface area contributed by atoms with E-state index in [1.54, 1.807) is 0 Å². The summed E-state index contributed by atoms with van der Waals surface area (Å²) in [5.41, 5.74) is 8.22. The summed E-state index contributed by atoms with van der Waals surface area (Å²) in [4.78, 5) is 12.2. The Morgan fingerprint density at radius 1 is 1.32 bits per heavy atom. The molecule has 0 aromatic heterocycles. The molecule has 138 valence electrons. The molecule has 1 aromatic rings. The van der Waals surface area contributed by atoms with Crippen molar-refractivity contribution in [2.24, 2.45) is 11.7 Å². The van der Waals surface area contributed by atoms with Gasteiger partial charge in [-0.25, -0.2) is 0 Å². The van der Waals surface area contributed by atoms with Crippen LogP contribution >= 0.6 is 0 Å². The fraction of sp³-hybridized carbons (Fsp3) is 0.650. The zero-order valence-corrected chi connectivity index (χ0v) is 15.1. The molecule has 2 aliphatic rings. The number of carbonyl (C=O) groups excluding carboxylic acids is 1. The molecule has 2 fully saturated rings. The lowest BCUT2D eigenvalue weighted by molar-refractivity contribution is -0.122. The minimum absolute atomic E-state index is 0.0769. The second-order valence-electron chi connectivity index (χ2n) is 7.39. The van der Waals surface area contributed by atoms with E-state index < -0.39 is 0 Å². The highest BCUT2D eigenvalue weighted by atomic mass is 16.5. The molecular formula is C20H30N2O3. The molecule has 3 rings (SSSR count). The Hall–Kier alpha value is -1.59. The van der Waals surface area contributed by atoms with Crippen LogP contribution in [0.1, 0.15) is 49.7 Å². The van der Waals surface area contributed by atoms with Crippen LogP contribution in [0, 0.1) is 12.8 Å². The lowest BCUT2D eigenvalue weighted by Gasteiger charge is -2.17. The SMILES string of the molecule is Cc1ccc(CNC(=O)C[C@@H]2CCC[C@H]2N)c(OCC2CCCO2)c1. The van der Waals surface area contributed by atoms with Crippen molar-refractivity contribution in [3.05, 3.63) is 29.3 Å². The minimum Gasteiger partial charge on any atom is -0.491 e. The number of carbonyl (C=O) groups is 1. The smallest absolute Gasteiger partial charge is 0.220 e. The van der Waals surface area contributed by atoms with E-state index >= 15 is 0 Å². The van der Waals surface area contributed by atoms with Crippen molar-refractivity contribution >= 4 is 5.91 Å². The van der Waals surface area contributed by atoms with Gasteiger partial charge in [0.1, 0.15) is 12.4 Å². The summed E-state index contributed by atoms with van der Waals surface area (Å²) in [7, 11) is 0. The molecule has 1 unspecified atom stereocenters.